The smallest absolute Gasteiger partial charge is 0.326 e. The second-order valence-electron chi connectivity index (χ2n) is 6.72. The number of nitrogens with one attached hydrogen (secondary N) is 2. The molecule has 0 radical (unpaired) electrons. The molecule has 0 bridgehead atoms. The fourth-order valence-electron chi connectivity index (χ4n) is 2.99. The minimum absolute atomic E-state index is 0.133. The van der Waals surface area contributed by atoms with E-state index in [4.69, 9.17) is 0 Å². The maximum Gasteiger partial charge on any atom is 0.326 e. The number of carbonyl (C=O) groups is 3. The first-order chi connectivity index (χ1) is 11.8. The number of benzene rings is 1. The molecule has 0 saturated carbocycles. The van der Waals surface area contributed by atoms with E-state index >= 15 is 0 Å². The van der Waals surface area contributed by atoms with E-state index in [1.807, 2.05) is 20.8 Å². The Morgan fingerprint density at radius 2 is 1.92 bits per heavy atom. The van der Waals surface area contributed by atoms with Crippen LogP contribution < -0.4 is 15.5 Å². The molecule has 1 aromatic carbocycles. The molecule has 3 amide bonds. The third kappa shape index (κ3) is 3.75. The highest BCUT2D eigenvalue weighted by Crippen LogP contribution is 2.34. The van der Waals surface area contributed by atoms with E-state index in [-0.39, 0.29) is 17.7 Å². The Balaban J connectivity index is 2.40. The van der Waals surface area contributed by atoms with Crippen molar-refractivity contribution in [1.29, 1.82) is 0 Å². The molecule has 136 valence electrons. The number of carbonyl (C=O) groups excluding carboxylic acids is 2. The molecule has 1 heterocycles. The van der Waals surface area contributed by atoms with Gasteiger partial charge in [0.05, 0.1) is 11.4 Å². The number of carboxylic acids is 1. The molecule has 7 nitrogen and oxygen atoms in total. The Labute approximate surface area is 147 Å². The molecule has 7 heteroatoms. The number of hydrogen-bond acceptors (Lipinski definition) is 3. The zero-order chi connectivity index (χ0) is 18.7. The summed E-state index contributed by atoms with van der Waals surface area (Å²) in [4.78, 5) is 38.3. The molecule has 25 heavy (non-hydrogen) atoms. The van der Waals surface area contributed by atoms with Gasteiger partial charge in [-0.05, 0) is 24.0 Å². The Morgan fingerprint density at radius 1 is 1.28 bits per heavy atom. The first-order valence-electron chi connectivity index (χ1n) is 8.50. The number of aliphatic carboxylic acids is 1. The van der Waals surface area contributed by atoms with Gasteiger partial charge in [-0.3, -0.25) is 9.69 Å². The topological polar surface area (TPSA) is 98.7 Å². The van der Waals surface area contributed by atoms with Crippen LogP contribution in [0.4, 0.5) is 16.2 Å². The summed E-state index contributed by atoms with van der Waals surface area (Å²) in [5.74, 6) is -1.73. The van der Waals surface area contributed by atoms with Gasteiger partial charge < -0.3 is 15.7 Å². The number of carboxylic acid groups (broad SMARTS) is 1. The van der Waals surface area contributed by atoms with Crippen LogP contribution in [0.1, 0.15) is 34.1 Å². The van der Waals surface area contributed by atoms with Gasteiger partial charge in [0.2, 0.25) is 5.91 Å². The van der Waals surface area contributed by atoms with Crippen LogP contribution in [0.5, 0.6) is 0 Å². The predicted molar refractivity (Wildman–Crippen MR) is 95.6 cm³/mol. The molecule has 0 fully saturated rings. The van der Waals surface area contributed by atoms with Gasteiger partial charge >= 0.3 is 12.0 Å². The van der Waals surface area contributed by atoms with Crippen molar-refractivity contribution in [1.82, 2.24) is 5.32 Å². The lowest BCUT2D eigenvalue weighted by atomic mass is 9.97. The van der Waals surface area contributed by atoms with Crippen molar-refractivity contribution in [2.75, 3.05) is 10.2 Å². The molecule has 1 aromatic rings. The molecule has 0 aliphatic carbocycles. The number of amides is 3. The average molecular weight is 347 g/mol. The van der Waals surface area contributed by atoms with Crippen LogP contribution in [0, 0.1) is 11.8 Å². The van der Waals surface area contributed by atoms with Gasteiger partial charge in [-0.1, -0.05) is 46.2 Å². The van der Waals surface area contributed by atoms with Crippen molar-refractivity contribution >= 4 is 29.3 Å². The van der Waals surface area contributed by atoms with Crippen LogP contribution >= 0.6 is 0 Å². The third-order valence-corrected chi connectivity index (χ3v) is 4.58. The zero-order valence-electron chi connectivity index (χ0n) is 14.9. The molecule has 0 aromatic heterocycles. The van der Waals surface area contributed by atoms with Crippen molar-refractivity contribution in [2.45, 2.75) is 46.2 Å². The van der Waals surface area contributed by atoms with Crippen LogP contribution in [0.25, 0.3) is 0 Å². The van der Waals surface area contributed by atoms with E-state index in [1.54, 1.807) is 31.2 Å². The number of para-hydroxylation sites is 2. The Hall–Kier alpha value is -2.57. The maximum atomic E-state index is 12.9. The summed E-state index contributed by atoms with van der Waals surface area (Å²) in [5, 5.41) is 14.8. The predicted octanol–water partition coefficient (Wildman–Crippen LogP) is 2.68. The molecule has 1 unspecified atom stereocenters. The lowest BCUT2D eigenvalue weighted by molar-refractivity contribution is -0.140. The lowest BCUT2D eigenvalue weighted by Crippen LogP contribution is -2.59. The van der Waals surface area contributed by atoms with Crippen molar-refractivity contribution in [3.63, 3.8) is 0 Å². The minimum Gasteiger partial charge on any atom is -0.480 e. The van der Waals surface area contributed by atoms with Gasteiger partial charge in [0.25, 0.3) is 0 Å². The van der Waals surface area contributed by atoms with Gasteiger partial charge in [0.1, 0.15) is 12.1 Å². The second kappa shape index (κ2) is 7.55. The highest BCUT2D eigenvalue weighted by atomic mass is 16.4. The SMILES string of the molecule is CCC(C)[C@H](NC(=O)N1c2ccccc2NC(=O)[C@@H]1C(C)C)C(=O)O. The van der Waals surface area contributed by atoms with E-state index in [9.17, 15) is 19.5 Å². The molecule has 3 atom stereocenters. The molecule has 1 aliphatic rings. The average Bonchev–Trinajstić information content (AvgIpc) is 2.56. The largest absolute Gasteiger partial charge is 0.480 e. The monoisotopic (exact) mass is 347 g/mol. The summed E-state index contributed by atoms with van der Waals surface area (Å²) >= 11 is 0. The Kier molecular flexibility index (Phi) is 5.66. The van der Waals surface area contributed by atoms with Crippen LogP contribution in [0.15, 0.2) is 24.3 Å². The second-order valence-corrected chi connectivity index (χ2v) is 6.72. The summed E-state index contributed by atoms with van der Waals surface area (Å²) in [6.45, 7) is 7.34. The van der Waals surface area contributed by atoms with Gasteiger partial charge in [0.15, 0.2) is 0 Å². The van der Waals surface area contributed by atoms with E-state index in [0.29, 0.717) is 17.8 Å². The lowest BCUT2D eigenvalue weighted by Gasteiger charge is -2.39. The third-order valence-electron chi connectivity index (χ3n) is 4.58. The molecule has 3 N–H and O–H groups in total. The summed E-state index contributed by atoms with van der Waals surface area (Å²) < 4.78 is 0. The summed E-state index contributed by atoms with van der Waals surface area (Å²) in [7, 11) is 0. The number of nitrogens with zero attached hydrogens (tertiary/aromatic N) is 1. The van der Waals surface area contributed by atoms with E-state index in [1.165, 1.54) is 4.90 Å². The van der Waals surface area contributed by atoms with Crippen LogP contribution in [0.2, 0.25) is 0 Å². The van der Waals surface area contributed by atoms with Crippen molar-refractivity contribution in [2.24, 2.45) is 11.8 Å². The van der Waals surface area contributed by atoms with E-state index in [2.05, 4.69) is 10.6 Å². The van der Waals surface area contributed by atoms with Crippen LogP contribution in [-0.4, -0.2) is 35.1 Å². The first kappa shape index (κ1) is 18.8. The number of urea groups is 1. The highest BCUT2D eigenvalue weighted by Gasteiger charge is 2.40. The molecule has 2 rings (SSSR count). The fourth-order valence-corrected chi connectivity index (χ4v) is 2.99. The number of anilines is 2. The fraction of sp³-hybridized carbons (Fsp3) is 0.500. The van der Waals surface area contributed by atoms with Gasteiger partial charge in [-0.25, -0.2) is 9.59 Å². The molecule has 1 aliphatic heterocycles. The molecule has 0 spiro atoms. The number of hydrogen-bond donors (Lipinski definition) is 3. The minimum atomic E-state index is -1.08. The van der Waals surface area contributed by atoms with Crippen LogP contribution in [-0.2, 0) is 9.59 Å². The summed E-state index contributed by atoms with van der Waals surface area (Å²) in [6.07, 6.45) is 0.613. The molecule has 0 saturated heterocycles. The Morgan fingerprint density at radius 3 is 2.48 bits per heavy atom. The normalized spacial score (nSPS) is 19.0. The van der Waals surface area contributed by atoms with Crippen molar-refractivity contribution in [3.05, 3.63) is 24.3 Å². The zero-order valence-corrected chi connectivity index (χ0v) is 14.9. The quantitative estimate of drug-likeness (QED) is 0.762. The van der Waals surface area contributed by atoms with E-state index < -0.39 is 24.1 Å². The number of rotatable bonds is 5. The summed E-state index contributed by atoms with van der Waals surface area (Å²) in [6, 6.07) is 4.70. The van der Waals surface area contributed by atoms with Gasteiger partial charge in [0, 0.05) is 0 Å². The van der Waals surface area contributed by atoms with Crippen LogP contribution in [0.3, 0.4) is 0 Å². The summed E-state index contributed by atoms with van der Waals surface area (Å²) in [5.41, 5.74) is 1.10. The first-order valence-corrected chi connectivity index (χ1v) is 8.50. The molecular weight excluding hydrogens is 322 g/mol. The van der Waals surface area contributed by atoms with Crippen molar-refractivity contribution in [3.8, 4) is 0 Å². The molecular formula is C18H25N3O4. The van der Waals surface area contributed by atoms with E-state index in [0.717, 1.165) is 0 Å². The van der Waals surface area contributed by atoms with Gasteiger partial charge in [-0.15, -0.1) is 0 Å². The number of fused-ring (bicyclic) bond motifs is 1. The standard InChI is InChI=1S/C18H25N3O4/c1-5-11(4)14(17(23)24)20-18(25)21-13-9-7-6-8-12(13)19-16(22)15(21)10(2)3/h6-11,14-15H,5H2,1-4H3,(H,19,22)(H,20,25)(H,23,24)/t11?,14-,15-/m0/s1. The maximum absolute atomic E-state index is 12.9. The highest BCUT2D eigenvalue weighted by molar-refractivity contribution is 6.12. The van der Waals surface area contributed by atoms with Crippen molar-refractivity contribution < 1.29 is 19.5 Å². The Bertz CT molecular complexity index is 674. The van der Waals surface area contributed by atoms with Gasteiger partial charge in [-0.2, -0.15) is 0 Å².